The summed E-state index contributed by atoms with van der Waals surface area (Å²) in [5.74, 6) is -3.26. The number of alkyl halides is 1. The molecule has 0 aliphatic carbocycles. The van der Waals surface area contributed by atoms with Crippen LogP contribution < -0.4 is 37.6 Å². The van der Waals surface area contributed by atoms with Crippen molar-refractivity contribution in [2.24, 2.45) is 17.6 Å². The number of primary amides is 1. The fourth-order valence-electron chi connectivity index (χ4n) is 6.47. The van der Waals surface area contributed by atoms with Crippen LogP contribution in [-0.2, 0) is 44.8 Å². The number of nitrogens with zero attached hydrogens (tertiary/aromatic N) is 1. The van der Waals surface area contributed by atoms with Gasteiger partial charge in [0.05, 0.1) is 6.61 Å². The fourth-order valence-corrected chi connectivity index (χ4v) is 6.47. The number of halogens is 1. The molecule has 0 bridgehead atoms. The maximum Gasteiger partial charge on any atom is 0.409 e. The molecule has 3 rings (SSSR count). The van der Waals surface area contributed by atoms with E-state index in [1.807, 2.05) is 0 Å². The largest absolute Gasteiger partial charge is 0.445 e. The lowest BCUT2D eigenvalue weighted by atomic mass is 9.97. The summed E-state index contributed by atoms with van der Waals surface area (Å²) in [7, 11) is 0. The number of likely N-dealkylation sites (tertiary alicyclic amines) is 1. The number of urea groups is 1. The van der Waals surface area contributed by atoms with Crippen molar-refractivity contribution in [2.75, 3.05) is 25.0 Å². The lowest BCUT2D eigenvalue weighted by Gasteiger charge is -2.41. The first kappa shape index (κ1) is 48.0. The molecule has 2 saturated heterocycles. The first-order valence-corrected chi connectivity index (χ1v) is 19.6. The summed E-state index contributed by atoms with van der Waals surface area (Å²) < 4.78 is 25.0. The zero-order valence-corrected chi connectivity index (χ0v) is 33.7. The first-order chi connectivity index (χ1) is 27.9. The second kappa shape index (κ2) is 23.2. The van der Waals surface area contributed by atoms with E-state index in [4.69, 9.17) is 15.2 Å². The molecular formula is C38H57FN8O12. The number of amides is 9. The van der Waals surface area contributed by atoms with Crippen LogP contribution in [-0.4, -0.2) is 125 Å². The first-order valence-electron chi connectivity index (χ1n) is 19.6. The fraction of sp³-hybridized carbons (Fsp3) is 0.632. The smallest absolute Gasteiger partial charge is 0.409 e. The Morgan fingerprint density at radius 1 is 1.00 bits per heavy atom. The minimum Gasteiger partial charge on any atom is -0.445 e. The summed E-state index contributed by atoms with van der Waals surface area (Å²) in [4.78, 5) is 101. The van der Waals surface area contributed by atoms with Crippen LogP contribution in [0.4, 0.5) is 19.7 Å². The molecule has 2 aliphatic heterocycles. The van der Waals surface area contributed by atoms with Crippen molar-refractivity contribution < 1.29 is 62.4 Å². The van der Waals surface area contributed by atoms with Crippen molar-refractivity contribution in [1.82, 2.24) is 31.5 Å². The Morgan fingerprint density at radius 3 is 2.29 bits per heavy atom. The Balaban J connectivity index is 1.55. The molecule has 0 saturated carbocycles. The predicted octanol–water partition coefficient (Wildman–Crippen LogP) is -0.198. The SMILES string of the molecule is CC(=O)N[C@H]1C(NC(=O)OCc2ccc(NC(=O)C(CCCNC(N)=O)NC(=O)C(NC(=O)CCCCCN3C(=O)CC(C)C3=O)C(C)C)cc2)O[C@H](CO)[C@@H](F)[C@@H]1O. The summed E-state index contributed by atoms with van der Waals surface area (Å²) in [6.07, 6.45) is -5.50. The van der Waals surface area contributed by atoms with E-state index in [1.165, 1.54) is 17.0 Å². The highest BCUT2D eigenvalue weighted by Gasteiger charge is 2.46. The van der Waals surface area contributed by atoms with Gasteiger partial charge in [-0.2, -0.15) is 0 Å². The van der Waals surface area contributed by atoms with Gasteiger partial charge in [-0.25, -0.2) is 14.0 Å². The monoisotopic (exact) mass is 836 g/mol. The zero-order chi connectivity index (χ0) is 43.8. The van der Waals surface area contributed by atoms with E-state index in [0.717, 1.165) is 6.92 Å². The molecule has 8 atom stereocenters. The Bertz CT molecular complexity index is 1650. The van der Waals surface area contributed by atoms with Gasteiger partial charge in [-0.3, -0.25) is 39.0 Å². The van der Waals surface area contributed by atoms with E-state index in [0.29, 0.717) is 37.1 Å². The summed E-state index contributed by atoms with van der Waals surface area (Å²) in [6.45, 7) is 5.66. The lowest BCUT2D eigenvalue weighted by Crippen LogP contribution is -2.67. The quantitative estimate of drug-likeness (QED) is 0.0575. The van der Waals surface area contributed by atoms with Gasteiger partial charge < -0.3 is 52.0 Å². The van der Waals surface area contributed by atoms with Crippen molar-refractivity contribution >= 4 is 53.3 Å². The molecular weight excluding hydrogens is 779 g/mol. The third kappa shape index (κ3) is 15.0. The van der Waals surface area contributed by atoms with Crippen molar-refractivity contribution in [3.63, 3.8) is 0 Å². The van der Waals surface area contributed by atoms with E-state index in [2.05, 4.69) is 31.9 Å². The number of nitrogens with two attached hydrogens (primary N) is 1. The molecule has 21 heteroatoms. The van der Waals surface area contributed by atoms with Gasteiger partial charge in [-0.05, 0) is 49.3 Å². The van der Waals surface area contributed by atoms with Crippen LogP contribution in [0.3, 0.4) is 0 Å². The molecule has 328 valence electrons. The third-order valence-corrected chi connectivity index (χ3v) is 9.72. The topological polar surface area (TPSA) is 297 Å². The second-order valence-electron chi connectivity index (χ2n) is 14.9. The summed E-state index contributed by atoms with van der Waals surface area (Å²) in [5.41, 5.74) is 5.94. The number of ether oxygens (including phenoxy) is 2. The van der Waals surface area contributed by atoms with Crippen LogP contribution in [0.1, 0.15) is 78.2 Å². The number of aliphatic hydroxyl groups is 2. The van der Waals surface area contributed by atoms with E-state index >= 15 is 0 Å². The van der Waals surface area contributed by atoms with E-state index in [1.54, 1.807) is 32.9 Å². The van der Waals surface area contributed by atoms with Gasteiger partial charge in [-0.1, -0.05) is 39.3 Å². The van der Waals surface area contributed by atoms with Crippen molar-refractivity contribution in [2.45, 2.75) is 122 Å². The minimum atomic E-state index is -2.04. The zero-order valence-electron chi connectivity index (χ0n) is 33.7. The Hall–Kier alpha value is -5.41. The van der Waals surface area contributed by atoms with Crippen LogP contribution in [0.25, 0.3) is 0 Å². The van der Waals surface area contributed by atoms with Gasteiger partial charge in [0.25, 0.3) is 0 Å². The Labute approximate surface area is 341 Å². The Kier molecular flexibility index (Phi) is 18.9. The molecule has 1 aromatic carbocycles. The highest BCUT2D eigenvalue weighted by atomic mass is 19.1. The average molecular weight is 837 g/mol. The van der Waals surface area contributed by atoms with Gasteiger partial charge in [0.15, 0.2) is 12.4 Å². The number of hydrogen-bond donors (Lipinski definition) is 9. The number of anilines is 1. The summed E-state index contributed by atoms with van der Waals surface area (Å²) >= 11 is 0. The van der Waals surface area contributed by atoms with Gasteiger partial charge >= 0.3 is 12.1 Å². The highest BCUT2D eigenvalue weighted by Crippen LogP contribution is 2.23. The summed E-state index contributed by atoms with van der Waals surface area (Å²) in [6, 6.07) is 1.90. The number of carbonyl (C=O) groups excluding carboxylic acids is 8. The lowest BCUT2D eigenvalue weighted by molar-refractivity contribution is -0.180. The summed E-state index contributed by atoms with van der Waals surface area (Å²) in [5, 5.41) is 34.9. The maximum absolute atomic E-state index is 14.4. The van der Waals surface area contributed by atoms with Gasteiger partial charge in [0.2, 0.25) is 35.4 Å². The molecule has 0 spiro atoms. The van der Waals surface area contributed by atoms with Crippen LogP contribution in [0.5, 0.6) is 0 Å². The van der Waals surface area contributed by atoms with Crippen molar-refractivity contribution in [3.05, 3.63) is 29.8 Å². The van der Waals surface area contributed by atoms with Crippen LogP contribution in [0.15, 0.2) is 24.3 Å². The molecule has 2 fully saturated rings. The van der Waals surface area contributed by atoms with E-state index in [9.17, 15) is 53.0 Å². The molecule has 0 aromatic heterocycles. The number of rotatable bonds is 21. The van der Waals surface area contributed by atoms with Gasteiger partial charge in [0.1, 0.15) is 36.9 Å². The average Bonchev–Trinajstić information content (AvgIpc) is 3.42. The van der Waals surface area contributed by atoms with Crippen molar-refractivity contribution in [1.29, 1.82) is 0 Å². The number of carbonyl (C=O) groups is 8. The molecule has 1 aromatic rings. The number of nitrogens with one attached hydrogen (secondary N) is 6. The van der Waals surface area contributed by atoms with Crippen LogP contribution in [0.2, 0.25) is 0 Å². The normalized spacial score (nSPS) is 22.5. The second-order valence-corrected chi connectivity index (χ2v) is 14.9. The number of hydrogen-bond acceptors (Lipinski definition) is 12. The van der Waals surface area contributed by atoms with Crippen LogP contribution >= 0.6 is 0 Å². The van der Waals surface area contributed by atoms with Crippen LogP contribution in [0, 0.1) is 11.8 Å². The van der Waals surface area contributed by atoms with Gasteiger partial charge in [0, 0.05) is 44.5 Å². The molecule has 0 radical (unpaired) electrons. The molecule has 59 heavy (non-hydrogen) atoms. The van der Waals surface area contributed by atoms with E-state index < -0.39 is 79.2 Å². The highest BCUT2D eigenvalue weighted by molar-refractivity contribution is 6.03. The molecule has 4 unspecified atom stereocenters. The number of alkyl carbamates (subject to hydrolysis) is 1. The van der Waals surface area contributed by atoms with Gasteiger partial charge in [-0.15, -0.1) is 0 Å². The molecule has 10 N–H and O–H groups in total. The molecule has 2 heterocycles. The van der Waals surface area contributed by atoms with E-state index in [-0.39, 0.29) is 68.4 Å². The molecule has 2 aliphatic rings. The number of unbranched alkanes of at least 4 members (excludes halogenated alkanes) is 2. The number of aliphatic hydroxyl groups excluding tert-OH is 2. The number of benzene rings is 1. The molecule has 9 amide bonds. The third-order valence-electron chi connectivity index (χ3n) is 9.72. The standard InChI is InChI=1S/C38H57FN8O12/c1-20(2)30(45-27(50)10-6-5-7-16-47-28(51)17-21(3)36(47)55)34(54)44-25(9-8-15-41-37(40)56)33(53)43-24-13-11-23(12-14-24)19-58-38(57)46-35-31(42-22(4)49)32(52)29(39)26(18-48)59-35/h11-14,20-21,25-26,29-32,35,48,52H,5-10,15-19H2,1-4H3,(H,42,49)(H,43,53)(H,44,54)(H,45,50)(H,46,57)(H3,40,41,56)/t21?,25?,26-,29-,30?,31-,32+,35?/m1/s1. The predicted molar refractivity (Wildman–Crippen MR) is 207 cm³/mol. The van der Waals surface area contributed by atoms with Crippen molar-refractivity contribution in [3.8, 4) is 0 Å². The Morgan fingerprint density at radius 2 is 1.69 bits per heavy atom. The molecule has 20 nitrogen and oxygen atoms in total. The minimum absolute atomic E-state index is 0.0913. The maximum atomic E-state index is 14.4. The number of imide groups is 1.